The monoisotopic (exact) mass is 282 g/mol. The Kier molecular flexibility index (Phi) is 1.79. The Morgan fingerprint density at radius 2 is 1.80 bits per heavy atom. The summed E-state index contributed by atoms with van der Waals surface area (Å²) in [7, 11) is 0. The van der Waals surface area contributed by atoms with Crippen LogP contribution in [0.2, 0.25) is 5.02 Å². The van der Waals surface area contributed by atoms with Crippen molar-refractivity contribution in [3.8, 4) is 11.1 Å². The van der Waals surface area contributed by atoms with Crippen LogP contribution in [0, 0.1) is 0 Å². The average molecular weight is 283 g/mol. The van der Waals surface area contributed by atoms with Gasteiger partial charge in [0, 0.05) is 15.8 Å². The number of furan rings is 1. The first-order chi connectivity index (χ1) is 11.5. The smallest absolute Gasteiger partial charge is 0.136 e. The van der Waals surface area contributed by atoms with Crippen LogP contribution in [0.15, 0.2) is 71.1 Å². The van der Waals surface area contributed by atoms with Crippen LogP contribution in [0.4, 0.5) is 0 Å². The quantitative estimate of drug-likeness (QED) is 0.423. The molecule has 4 rings (SSSR count). The molecule has 0 amide bonds. The van der Waals surface area contributed by atoms with Crippen LogP contribution in [-0.4, -0.2) is 0 Å². The van der Waals surface area contributed by atoms with Crippen molar-refractivity contribution in [2.75, 3.05) is 0 Å². The molecule has 0 radical (unpaired) electrons. The largest absolute Gasteiger partial charge is 0.456 e. The average Bonchev–Trinajstić information content (AvgIpc) is 2.98. The molecular weight excluding hydrogens is 268 g/mol. The summed E-state index contributed by atoms with van der Waals surface area (Å²) in [6, 6.07) is 12.1. The van der Waals surface area contributed by atoms with E-state index in [9.17, 15) is 0 Å². The molecule has 4 aromatic rings. The van der Waals surface area contributed by atoms with Crippen LogP contribution in [0.25, 0.3) is 33.1 Å². The summed E-state index contributed by atoms with van der Waals surface area (Å²) >= 11 is 6.05. The molecule has 0 unspecified atom stereocenters. The first kappa shape index (κ1) is 8.13. The summed E-state index contributed by atoms with van der Waals surface area (Å²) < 4.78 is 38.0. The minimum atomic E-state index is -0.292. The van der Waals surface area contributed by atoms with Gasteiger partial charge >= 0.3 is 0 Å². The molecule has 0 aliphatic rings. The molecule has 0 aliphatic carbocycles. The number of benzene rings is 3. The van der Waals surface area contributed by atoms with Crippen molar-refractivity contribution < 1.29 is 9.90 Å². The Labute approximate surface area is 127 Å². The van der Waals surface area contributed by atoms with E-state index in [0.717, 1.165) is 10.8 Å². The lowest BCUT2D eigenvalue weighted by atomic mass is 10.00. The fourth-order valence-electron chi connectivity index (χ4n) is 2.44. The highest BCUT2D eigenvalue weighted by atomic mass is 35.5. The molecule has 0 saturated carbocycles. The van der Waals surface area contributed by atoms with Gasteiger partial charge in [0.25, 0.3) is 0 Å². The van der Waals surface area contributed by atoms with Gasteiger partial charge in [-0.25, -0.2) is 0 Å². The minimum Gasteiger partial charge on any atom is -0.456 e. The van der Waals surface area contributed by atoms with Crippen molar-refractivity contribution in [3.63, 3.8) is 0 Å². The van der Waals surface area contributed by atoms with Gasteiger partial charge in [-0.1, -0.05) is 54.0 Å². The predicted octanol–water partition coefficient (Wildman–Crippen LogP) is 5.91. The second-order valence-electron chi connectivity index (χ2n) is 4.47. The molecule has 3 aromatic carbocycles. The maximum absolute atomic E-state index is 8.26. The molecular formula is C18H11ClO. The third-order valence-electron chi connectivity index (χ3n) is 3.27. The molecule has 2 heteroatoms. The first-order valence-corrected chi connectivity index (χ1v) is 6.55. The van der Waals surface area contributed by atoms with E-state index < -0.39 is 0 Å². The molecule has 0 N–H and O–H groups in total. The minimum absolute atomic E-state index is 0.111. The summed E-state index contributed by atoms with van der Waals surface area (Å²) in [6.07, 6.45) is 0. The fraction of sp³-hybridized carbons (Fsp3) is 0. The molecule has 0 aliphatic heterocycles. The molecule has 1 nitrogen and oxygen atoms in total. The number of hydrogen-bond donors (Lipinski definition) is 0. The summed E-state index contributed by atoms with van der Waals surface area (Å²) in [5.74, 6) is 0. The summed E-state index contributed by atoms with van der Waals surface area (Å²) in [6.45, 7) is 0. The second kappa shape index (κ2) is 4.39. The van der Waals surface area contributed by atoms with Crippen molar-refractivity contribution in [2.45, 2.75) is 0 Å². The van der Waals surface area contributed by atoms with Crippen molar-refractivity contribution in [3.05, 3.63) is 71.7 Å². The van der Waals surface area contributed by atoms with E-state index in [-0.39, 0.29) is 34.8 Å². The molecule has 0 saturated heterocycles. The van der Waals surface area contributed by atoms with Gasteiger partial charge in [-0.2, -0.15) is 0 Å². The number of rotatable bonds is 1. The van der Waals surface area contributed by atoms with E-state index >= 15 is 0 Å². The van der Waals surface area contributed by atoms with Crippen LogP contribution >= 0.6 is 11.6 Å². The number of halogens is 1. The van der Waals surface area contributed by atoms with Gasteiger partial charge in [0.15, 0.2) is 0 Å². The van der Waals surface area contributed by atoms with Crippen molar-refractivity contribution in [1.29, 1.82) is 0 Å². The molecule has 0 atom stereocenters. The van der Waals surface area contributed by atoms with E-state index in [2.05, 4.69) is 0 Å². The van der Waals surface area contributed by atoms with Crippen LogP contribution in [0.1, 0.15) is 5.48 Å². The topological polar surface area (TPSA) is 13.1 Å². The van der Waals surface area contributed by atoms with Crippen LogP contribution < -0.4 is 0 Å². The second-order valence-corrected chi connectivity index (χ2v) is 4.84. The molecule has 20 heavy (non-hydrogen) atoms. The van der Waals surface area contributed by atoms with Crippen molar-refractivity contribution >= 4 is 33.5 Å². The van der Waals surface area contributed by atoms with E-state index in [4.69, 9.17) is 21.5 Å². The lowest BCUT2D eigenvalue weighted by molar-refractivity contribution is 0.669. The molecule has 96 valence electrons. The summed E-state index contributed by atoms with van der Waals surface area (Å²) in [4.78, 5) is 0. The van der Waals surface area contributed by atoms with Crippen LogP contribution in [0.5, 0.6) is 0 Å². The standard InChI is InChI=1S/C18H11ClO/c19-13-6-3-5-12(11-13)14-8-4-10-17-18(14)15-7-1-2-9-16(15)20-17/h1-11H/i3D,5D,6D,11D. The lowest BCUT2D eigenvalue weighted by Gasteiger charge is -2.04. The Morgan fingerprint density at radius 1 is 0.950 bits per heavy atom. The third kappa shape index (κ3) is 1.71. The van der Waals surface area contributed by atoms with Gasteiger partial charge in [0.1, 0.15) is 11.2 Å². The van der Waals surface area contributed by atoms with Crippen LogP contribution in [0.3, 0.4) is 0 Å². The summed E-state index contributed by atoms with van der Waals surface area (Å²) in [5.41, 5.74) is 2.22. The highest BCUT2D eigenvalue weighted by molar-refractivity contribution is 6.31. The maximum atomic E-state index is 8.26. The SMILES string of the molecule is [2H]c1c([2H])c(Cl)c([2H])c(-c2cccc3oc4ccccc4c23)c1[2H]. The van der Waals surface area contributed by atoms with E-state index in [0.29, 0.717) is 16.7 Å². The van der Waals surface area contributed by atoms with Gasteiger partial charge in [0.2, 0.25) is 0 Å². The molecule has 0 fully saturated rings. The number of hydrogen-bond acceptors (Lipinski definition) is 1. The Hall–Kier alpha value is -2.25. The number of fused-ring (bicyclic) bond motifs is 3. The molecule has 1 heterocycles. The first-order valence-electron chi connectivity index (χ1n) is 8.17. The van der Waals surface area contributed by atoms with Gasteiger partial charge in [0.05, 0.1) is 5.48 Å². The Morgan fingerprint density at radius 3 is 2.75 bits per heavy atom. The van der Waals surface area contributed by atoms with Crippen LogP contribution in [-0.2, 0) is 0 Å². The van der Waals surface area contributed by atoms with E-state index in [1.54, 1.807) is 12.1 Å². The zero-order valence-corrected chi connectivity index (χ0v) is 11.1. The van der Waals surface area contributed by atoms with E-state index in [1.165, 1.54) is 0 Å². The van der Waals surface area contributed by atoms with Crippen molar-refractivity contribution in [1.82, 2.24) is 0 Å². The van der Waals surface area contributed by atoms with Gasteiger partial charge in [-0.15, -0.1) is 0 Å². The predicted molar refractivity (Wildman–Crippen MR) is 84.2 cm³/mol. The third-order valence-corrected chi connectivity index (χ3v) is 3.46. The highest BCUT2D eigenvalue weighted by Gasteiger charge is 2.11. The number of para-hydroxylation sites is 1. The zero-order chi connectivity index (χ0) is 17.0. The molecule has 1 aromatic heterocycles. The van der Waals surface area contributed by atoms with Gasteiger partial charge in [-0.3, -0.25) is 0 Å². The Bertz CT molecular complexity index is 1090. The highest BCUT2D eigenvalue weighted by Crippen LogP contribution is 2.36. The summed E-state index contributed by atoms with van der Waals surface area (Å²) in [5, 5.41) is 1.54. The molecule has 0 spiro atoms. The Balaban J connectivity index is 2.20. The van der Waals surface area contributed by atoms with E-state index in [1.807, 2.05) is 30.3 Å². The molecule has 0 bridgehead atoms. The fourth-order valence-corrected chi connectivity index (χ4v) is 2.58. The normalized spacial score (nSPS) is 14.1. The van der Waals surface area contributed by atoms with Crippen molar-refractivity contribution in [2.24, 2.45) is 0 Å². The lowest BCUT2D eigenvalue weighted by Crippen LogP contribution is -1.79. The van der Waals surface area contributed by atoms with Gasteiger partial charge < -0.3 is 4.42 Å². The van der Waals surface area contributed by atoms with Gasteiger partial charge in [-0.05, 0) is 35.3 Å². The zero-order valence-electron chi connectivity index (χ0n) is 14.3. The maximum Gasteiger partial charge on any atom is 0.136 e.